The van der Waals surface area contributed by atoms with Gasteiger partial charge in [-0.1, -0.05) is 30.3 Å². The number of nitrogen functional groups attached to an aromatic ring is 1. The smallest absolute Gasteiger partial charge is 0.330 e. The van der Waals surface area contributed by atoms with Gasteiger partial charge in [0.05, 0.1) is 13.0 Å². The highest BCUT2D eigenvalue weighted by atomic mass is 19.1. The molecule has 160 valence electrons. The Labute approximate surface area is 175 Å². The summed E-state index contributed by atoms with van der Waals surface area (Å²) in [5, 5.41) is 5.03. The maximum absolute atomic E-state index is 13.9. The van der Waals surface area contributed by atoms with Crippen LogP contribution in [0.1, 0.15) is 18.1 Å². The lowest BCUT2D eigenvalue weighted by molar-refractivity contribution is -0.116. The van der Waals surface area contributed by atoms with Crippen molar-refractivity contribution in [1.82, 2.24) is 9.55 Å². The van der Waals surface area contributed by atoms with Crippen molar-refractivity contribution < 1.29 is 14.0 Å². The number of aromatic nitrogens is 2. The average Bonchev–Trinajstić information content (AvgIpc) is 2.71. The Hall–Kier alpha value is -4.21. The largest absolute Gasteiger partial charge is 0.383 e. The van der Waals surface area contributed by atoms with Gasteiger partial charge in [-0.2, -0.15) is 0 Å². The molecule has 1 heterocycles. The van der Waals surface area contributed by atoms with Crippen LogP contribution >= 0.6 is 0 Å². The number of halogens is 1. The Morgan fingerprint density at radius 3 is 2.39 bits per heavy atom. The number of nitrogens with two attached hydrogens (primary N) is 1. The number of anilines is 3. The van der Waals surface area contributed by atoms with Crippen molar-refractivity contribution in [2.75, 3.05) is 16.4 Å². The number of H-pyrrole nitrogens is 1. The van der Waals surface area contributed by atoms with Gasteiger partial charge in [0, 0.05) is 18.2 Å². The molecule has 0 saturated carbocycles. The highest BCUT2D eigenvalue weighted by Gasteiger charge is 2.16. The van der Waals surface area contributed by atoms with Gasteiger partial charge in [0.25, 0.3) is 5.56 Å². The zero-order valence-electron chi connectivity index (χ0n) is 16.6. The monoisotopic (exact) mass is 425 g/mol. The number of nitrogens with zero attached hydrogens (tertiary/aromatic N) is 1. The molecule has 0 aliphatic heterocycles. The lowest BCUT2D eigenvalue weighted by Gasteiger charge is -2.12. The number of amides is 2. The fraction of sp³-hybridized carbons (Fsp3) is 0.143. The molecule has 31 heavy (non-hydrogen) atoms. The van der Waals surface area contributed by atoms with Crippen LogP contribution in [0.2, 0.25) is 0 Å². The lowest BCUT2D eigenvalue weighted by Crippen LogP contribution is -2.38. The molecule has 0 atom stereocenters. The maximum atomic E-state index is 13.9. The molecule has 9 nitrogen and oxygen atoms in total. The summed E-state index contributed by atoms with van der Waals surface area (Å²) >= 11 is 0. The van der Waals surface area contributed by atoms with Crippen LogP contribution in [0.15, 0.2) is 58.1 Å². The third-order valence-corrected chi connectivity index (χ3v) is 4.40. The Balaban J connectivity index is 1.80. The highest BCUT2D eigenvalue weighted by Crippen LogP contribution is 2.13. The molecular weight excluding hydrogens is 405 g/mol. The van der Waals surface area contributed by atoms with E-state index in [-0.39, 0.29) is 35.9 Å². The summed E-state index contributed by atoms with van der Waals surface area (Å²) in [7, 11) is 0. The van der Waals surface area contributed by atoms with Gasteiger partial charge in [-0.25, -0.2) is 9.18 Å². The number of nitrogens with one attached hydrogen (secondary N) is 3. The molecule has 0 aliphatic carbocycles. The fourth-order valence-electron chi connectivity index (χ4n) is 2.93. The van der Waals surface area contributed by atoms with Gasteiger partial charge in [-0.05, 0) is 23.8 Å². The number of carbonyl (C=O) groups is 2. The van der Waals surface area contributed by atoms with E-state index in [1.165, 1.54) is 25.1 Å². The number of benzene rings is 2. The fourth-order valence-corrected chi connectivity index (χ4v) is 2.93. The van der Waals surface area contributed by atoms with Gasteiger partial charge in [0.1, 0.15) is 17.3 Å². The predicted molar refractivity (Wildman–Crippen MR) is 114 cm³/mol. The Morgan fingerprint density at radius 2 is 1.74 bits per heavy atom. The minimum Gasteiger partial charge on any atom is -0.383 e. The van der Waals surface area contributed by atoms with Crippen molar-refractivity contribution in [2.45, 2.75) is 19.9 Å². The molecule has 3 rings (SSSR count). The molecule has 0 radical (unpaired) electrons. The second-order valence-corrected chi connectivity index (χ2v) is 6.80. The molecule has 1 aromatic heterocycles. The summed E-state index contributed by atoms with van der Waals surface area (Å²) in [6.45, 7) is 1.06. The van der Waals surface area contributed by atoms with Gasteiger partial charge in [-0.3, -0.25) is 23.9 Å². The first-order valence-electron chi connectivity index (χ1n) is 9.27. The molecule has 0 spiro atoms. The first kappa shape index (κ1) is 21.5. The minimum absolute atomic E-state index is 0.0777. The van der Waals surface area contributed by atoms with E-state index in [1.807, 2.05) is 0 Å². The molecule has 0 saturated heterocycles. The zero-order chi connectivity index (χ0) is 22.5. The summed E-state index contributed by atoms with van der Waals surface area (Å²) in [5.41, 5.74) is 5.10. The van der Waals surface area contributed by atoms with Crippen LogP contribution in [0.5, 0.6) is 0 Å². The molecule has 0 fully saturated rings. The Bertz CT molecular complexity index is 1250. The van der Waals surface area contributed by atoms with Crippen LogP contribution < -0.4 is 27.6 Å². The van der Waals surface area contributed by atoms with E-state index in [1.54, 1.807) is 30.3 Å². The van der Waals surface area contributed by atoms with Crippen LogP contribution in [-0.4, -0.2) is 21.4 Å². The average molecular weight is 425 g/mol. The Morgan fingerprint density at radius 1 is 1.06 bits per heavy atom. The van der Waals surface area contributed by atoms with Crippen molar-refractivity contribution in [3.05, 3.63) is 86.3 Å². The van der Waals surface area contributed by atoms with E-state index >= 15 is 0 Å². The molecular formula is C21H20FN5O4. The maximum Gasteiger partial charge on any atom is 0.330 e. The number of carbonyl (C=O) groups excluding carboxylic acids is 2. The first-order chi connectivity index (χ1) is 14.7. The van der Waals surface area contributed by atoms with Crippen molar-refractivity contribution in [1.29, 1.82) is 0 Å². The molecule has 3 aromatic rings. The topological polar surface area (TPSA) is 139 Å². The predicted octanol–water partition coefficient (Wildman–Crippen LogP) is 1.45. The molecule has 0 unspecified atom stereocenters. The van der Waals surface area contributed by atoms with Gasteiger partial charge < -0.3 is 16.4 Å². The molecule has 2 amide bonds. The van der Waals surface area contributed by atoms with E-state index in [0.717, 1.165) is 4.57 Å². The summed E-state index contributed by atoms with van der Waals surface area (Å²) in [6, 6.07) is 12.3. The lowest BCUT2D eigenvalue weighted by atomic mass is 10.1. The van der Waals surface area contributed by atoms with Crippen molar-refractivity contribution in [2.24, 2.45) is 0 Å². The Kier molecular flexibility index (Phi) is 6.29. The third kappa shape index (κ3) is 5.24. The molecule has 5 N–H and O–H groups in total. The van der Waals surface area contributed by atoms with Crippen LogP contribution in [0.25, 0.3) is 0 Å². The van der Waals surface area contributed by atoms with Gasteiger partial charge >= 0.3 is 5.69 Å². The summed E-state index contributed by atoms with van der Waals surface area (Å²) in [5.74, 6) is -1.63. The van der Waals surface area contributed by atoms with Crippen molar-refractivity contribution >= 4 is 29.0 Å². The van der Waals surface area contributed by atoms with Crippen LogP contribution in [-0.2, 0) is 22.6 Å². The summed E-state index contributed by atoms with van der Waals surface area (Å²) in [4.78, 5) is 50.7. The molecule has 0 aliphatic rings. The molecule has 0 bridgehead atoms. The number of hydrogen-bond donors (Lipinski definition) is 4. The van der Waals surface area contributed by atoms with Crippen molar-refractivity contribution in [3.63, 3.8) is 0 Å². The molecule has 2 aromatic carbocycles. The first-order valence-corrected chi connectivity index (χ1v) is 9.27. The molecule has 10 heteroatoms. The van der Waals surface area contributed by atoms with E-state index in [9.17, 15) is 23.6 Å². The second kappa shape index (κ2) is 9.08. The summed E-state index contributed by atoms with van der Waals surface area (Å²) in [6.07, 6.45) is -0.0777. The normalized spacial score (nSPS) is 10.5. The second-order valence-electron chi connectivity index (χ2n) is 6.80. The third-order valence-electron chi connectivity index (χ3n) is 4.40. The van der Waals surface area contributed by atoms with Gasteiger partial charge in [-0.15, -0.1) is 0 Å². The van der Waals surface area contributed by atoms with E-state index in [4.69, 9.17) is 5.73 Å². The SMILES string of the molecule is CC(=O)Nc1ccc(CC(=O)Nc2c(N)[nH]c(=O)n(Cc3ccccc3F)c2=O)cc1. The number of aromatic amines is 1. The van der Waals surface area contributed by atoms with E-state index in [0.29, 0.717) is 11.3 Å². The van der Waals surface area contributed by atoms with Crippen LogP contribution in [0, 0.1) is 5.82 Å². The van der Waals surface area contributed by atoms with Crippen LogP contribution in [0.3, 0.4) is 0 Å². The zero-order valence-corrected chi connectivity index (χ0v) is 16.6. The van der Waals surface area contributed by atoms with E-state index in [2.05, 4.69) is 15.6 Å². The standard InChI is InChI=1S/C21H20FN5O4/c1-12(28)24-15-8-6-13(7-9-15)10-17(29)25-18-19(23)26-21(31)27(20(18)30)11-14-4-2-3-5-16(14)22/h2-9H,10-11,23H2,1H3,(H,24,28)(H,25,29)(H,26,31). The summed E-state index contributed by atoms with van der Waals surface area (Å²) < 4.78 is 14.7. The number of rotatable bonds is 6. The number of hydrogen-bond acceptors (Lipinski definition) is 5. The van der Waals surface area contributed by atoms with E-state index < -0.39 is 23.0 Å². The highest BCUT2D eigenvalue weighted by molar-refractivity contribution is 5.94. The van der Waals surface area contributed by atoms with Gasteiger partial charge in [0.15, 0.2) is 0 Å². The van der Waals surface area contributed by atoms with Crippen molar-refractivity contribution in [3.8, 4) is 0 Å². The van der Waals surface area contributed by atoms with Gasteiger partial charge in [0.2, 0.25) is 11.8 Å². The van der Waals surface area contributed by atoms with Crippen LogP contribution in [0.4, 0.5) is 21.6 Å². The quantitative estimate of drug-likeness (QED) is 0.473. The minimum atomic E-state index is -0.848.